The van der Waals surface area contributed by atoms with Crippen LogP contribution in [0, 0.1) is 0 Å². The van der Waals surface area contributed by atoms with Crippen molar-refractivity contribution in [2.24, 2.45) is 5.73 Å². The van der Waals surface area contributed by atoms with Crippen LogP contribution in [0.4, 0.5) is 0 Å². The largest absolute Gasteiger partial charge is 0.480 e. The third kappa shape index (κ3) is 5.43. The molecule has 1 unspecified atom stereocenters. The maximum atomic E-state index is 11.4. The molecule has 0 saturated carbocycles. The molecule has 14 heavy (non-hydrogen) atoms. The Bertz CT molecular complexity index is 230. The van der Waals surface area contributed by atoms with Crippen molar-refractivity contribution >= 4 is 46.1 Å². The summed E-state index contributed by atoms with van der Waals surface area (Å²) in [6.07, 6.45) is 0.637. The standard InChI is InChI=1S/C5H10Br2NO5P/c6-12-14(11,13-7)3-1-2-4(8)5(9)10/h4H,1-3,8H2,(H,9,10). The van der Waals surface area contributed by atoms with E-state index in [1.54, 1.807) is 0 Å². The monoisotopic (exact) mass is 353 g/mol. The summed E-state index contributed by atoms with van der Waals surface area (Å²) in [5.41, 5.74) is 5.23. The van der Waals surface area contributed by atoms with E-state index in [0.717, 1.165) is 0 Å². The first kappa shape index (κ1) is 14.5. The molecular weight excluding hydrogens is 345 g/mol. The van der Waals surface area contributed by atoms with E-state index in [1.807, 2.05) is 0 Å². The fourth-order valence-corrected chi connectivity index (χ4v) is 3.14. The molecule has 0 saturated heterocycles. The molecule has 0 aromatic rings. The van der Waals surface area contributed by atoms with Crippen molar-refractivity contribution in [1.82, 2.24) is 0 Å². The number of hydrogen-bond acceptors (Lipinski definition) is 5. The van der Waals surface area contributed by atoms with Crippen LogP contribution in [0.5, 0.6) is 0 Å². The topological polar surface area (TPSA) is 98.9 Å². The zero-order valence-electron chi connectivity index (χ0n) is 7.06. The van der Waals surface area contributed by atoms with Gasteiger partial charge in [-0.3, -0.25) is 9.36 Å². The van der Waals surface area contributed by atoms with Gasteiger partial charge in [0, 0.05) is 0 Å². The fourth-order valence-electron chi connectivity index (χ4n) is 0.708. The minimum atomic E-state index is -3.18. The Kier molecular flexibility index (Phi) is 7.19. The minimum Gasteiger partial charge on any atom is -0.480 e. The molecule has 1 atom stereocenters. The second-order valence-electron chi connectivity index (χ2n) is 2.56. The molecule has 0 amide bonds. The van der Waals surface area contributed by atoms with Crippen LogP contribution >= 0.6 is 40.1 Å². The van der Waals surface area contributed by atoms with Crippen molar-refractivity contribution in [2.45, 2.75) is 18.9 Å². The van der Waals surface area contributed by atoms with E-state index < -0.39 is 19.6 Å². The molecule has 0 rings (SSSR count). The van der Waals surface area contributed by atoms with Crippen LogP contribution in [0.1, 0.15) is 12.8 Å². The highest BCUT2D eigenvalue weighted by Gasteiger charge is 2.24. The highest BCUT2D eigenvalue weighted by molar-refractivity contribution is 9.07. The van der Waals surface area contributed by atoms with E-state index in [1.165, 1.54) is 0 Å². The van der Waals surface area contributed by atoms with Gasteiger partial charge in [0.15, 0.2) is 0 Å². The zero-order valence-corrected chi connectivity index (χ0v) is 11.1. The second kappa shape index (κ2) is 6.92. The molecule has 0 heterocycles. The Balaban J connectivity index is 3.84. The van der Waals surface area contributed by atoms with Gasteiger partial charge < -0.3 is 10.8 Å². The van der Waals surface area contributed by atoms with E-state index in [2.05, 4.69) is 39.7 Å². The van der Waals surface area contributed by atoms with Crippen LogP contribution in [0.2, 0.25) is 0 Å². The highest BCUT2D eigenvalue weighted by atomic mass is 79.9. The number of halogens is 2. The summed E-state index contributed by atoms with van der Waals surface area (Å²) in [6.45, 7) is 0. The van der Waals surface area contributed by atoms with Crippen molar-refractivity contribution in [3.05, 3.63) is 0 Å². The van der Waals surface area contributed by atoms with Crippen molar-refractivity contribution in [3.63, 3.8) is 0 Å². The van der Waals surface area contributed by atoms with E-state index in [0.29, 0.717) is 6.42 Å². The number of carboxylic acid groups (broad SMARTS) is 1. The van der Waals surface area contributed by atoms with Crippen LogP contribution in [0.3, 0.4) is 0 Å². The molecule has 0 spiro atoms. The molecule has 0 aromatic heterocycles. The maximum absolute atomic E-state index is 11.4. The Morgan fingerprint density at radius 2 is 2.00 bits per heavy atom. The van der Waals surface area contributed by atoms with Gasteiger partial charge in [0.05, 0.1) is 6.16 Å². The molecule has 0 fully saturated rings. The molecule has 0 radical (unpaired) electrons. The Morgan fingerprint density at radius 1 is 1.50 bits per heavy atom. The number of hydrogen-bond donors (Lipinski definition) is 2. The molecular formula is C5H10Br2NO5P. The molecule has 6 nitrogen and oxygen atoms in total. The highest BCUT2D eigenvalue weighted by Crippen LogP contribution is 2.52. The first-order chi connectivity index (χ1) is 6.45. The quantitative estimate of drug-likeness (QED) is 0.678. The van der Waals surface area contributed by atoms with Gasteiger partial charge in [-0.05, 0) is 12.8 Å². The SMILES string of the molecule is NC(CCCP(=O)(OBr)OBr)C(=O)O. The lowest BCUT2D eigenvalue weighted by Gasteiger charge is -2.10. The number of carboxylic acids is 1. The third-order valence-electron chi connectivity index (χ3n) is 1.47. The van der Waals surface area contributed by atoms with Crippen LogP contribution < -0.4 is 5.73 Å². The summed E-state index contributed by atoms with van der Waals surface area (Å²) in [6, 6.07) is -0.950. The maximum Gasteiger partial charge on any atom is 0.352 e. The summed E-state index contributed by atoms with van der Waals surface area (Å²) in [4.78, 5) is 10.3. The van der Waals surface area contributed by atoms with Crippen LogP contribution in [-0.4, -0.2) is 23.3 Å². The molecule has 0 bridgehead atoms. The van der Waals surface area contributed by atoms with Gasteiger partial charge in [-0.2, -0.15) is 0 Å². The predicted octanol–water partition coefficient (Wildman–Crippen LogP) is 2.02. The number of rotatable bonds is 7. The van der Waals surface area contributed by atoms with Crippen molar-refractivity contribution in [2.75, 3.05) is 6.16 Å². The van der Waals surface area contributed by atoms with Crippen LogP contribution in [0.15, 0.2) is 0 Å². The van der Waals surface area contributed by atoms with Gasteiger partial charge in [0.25, 0.3) is 0 Å². The van der Waals surface area contributed by atoms with Crippen LogP contribution in [-0.2, 0) is 16.6 Å². The molecule has 9 heteroatoms. The summed E-state index contributed by atoms with van der Waals surface area (Å²) >= 11 is 5.13. The summed E-state index contributed by atoms with van der Waals surface area (Å²) in [7, 11) is -3.18. The molecule has 3 N–H and O–H groups in total. The van der Waals surface area contributed by atoms with E-state index in [9.17, 15) is 9.36 Å². The lowest BCUT2D eigenvalue weighted by molar-refractivity contribution is -0.138. The summed E-state index contributed by atoms with van der Waals surface area (Å²) in [5.74, 6) is -1.08. The predicted molar refractivity (Wildman–Crippen MR) is 57.3 cm³/mol. The Labute approximate surface area is 98.6 Å². The van der Waals surface area contributed by atoms with Gasteiger partial charge in [0.1, 0.15) is 38.6 Å². The molecule has 0 aliphatic heterocycles. The lowest BCUT2D eigenvalue weighted by atomic mass is 10.2. The van der Waals surface area contributed by atoms with Crippen molar-refractivity contribution in [1.29, 1.82) is 0 Å². The number of nitrogens with two attached hydrogens (primary N) is 1. The van der Waals surface area contributed by atoms with Gasteiger partial charge in [-0.25, -0.2) is 7.23 Å². The number of carbonyl (C=O) groups is 1. The van der Waals surface area contributed by atoms with Crippen LogP contribution in [0.25, 0.3) is 0 Å². The molecule has 0 aliphatic carbocycles. The van der Waals surface area contributed by atoms with Crippen molar-refractivity contribution < 1.29 is 21.7 Å². The van der Waals surface area contributed by atoms with Gasteiger partial charge >= 0.3 is 13.6 Å². The zero-order chi connectivity index (χ0) is 11.2. The average molecular weight is 355 g/mol. The summed E-state index contributed by atoms with van der Waals surface area (Å²) < 4.78 is 20.3. The first-order valence-corrected chi connectivity index (χ1v) is 6.65. The van der Waals surface area contributed by atoms with Crippen molar-refractivity contribution in [3.8, 4) is 0 Å². The normalized spacial score (nSPS) is 13.9. The van der Waals surface area contributed by atoms with Gasteiger partial charge in [-0.15, -0.1) is 0 Å². The third-order valence-corrected chi connectivity index (χ3v) is 5.41. The smallest absolute Gasteiger partial charge is 0.352 e. The molecule has 0 aliphatic rings. The average Bonchev–Trinajstić information content (AvgIpc) is 2.17. The first-order valence-electron chi connectivity index (χ1n) is 3.63. The van der Waals surface area contributed by atoms with Gasteiger partial charge in [-0.1, -0.05) is 0 Å². The lowest BCUT2D eigenvalue weighted by Crippen LogP contribution is -2.30. The van der Waals surface area contributed by atoms with E-state index in [4.69, 9.17) is 10.8 Å². The van der Waals surface area contributed by atoms with E-state index in [-0.39, 0.29) is 12.6 Å². The summed E-state index contributed by atoms with van der Waals surface area (Å²) in [5, 5.41) is 8.45. The Morgan fingerprint density at radius 3 is 2.36 bits per heavy atom. The second-order valence-corrected chi connectivity index (χ2v) is 6.24. The molecule has 84 valence electrons. The van der Waals surface area contributed by atoms with Gasteiger partial charge in [0.2, 0.25) is 0 Å². The fraction of sp³-hybridized carbons (Fsp3) is 0.800. The Hall–Kier alpha value is 0.540. The minimum absolute atomic E-state index is 0.0878. The van der Waals surface area contributed by atoms with E-state index >= 15 is 0 Å². The number of aliphatic carboxylic acids is 1. The molecule has 0 aromatic carbocycles.